The third-order valence-corrected chi connectivity index (χ3v) is 4.37. The largest absolute Gasteiger partial charge is 0.451 e. The maximum Gasteiger partial charge on any atom is 0.194 e. The highest BCUT2D eigenvalue weighted by atomic mass is 19.2. The van der Waals surface area contributed by atoms with Crippen molar-refractivity contribution >= 4 is 17.6 Å². The minimum atomic E-state index is -1.21. The Kier molecular flexibility index (Phi) is 3.67. The topological polar surface area (TPSA) is 24.8 Å². The molecule has 1 saturated heterocycles. The van der Waals surface area contributed by atoms with E-state index in [9.17, 15) is 8.78 Å². The Morgan fingerprint density at radius 2 is 1.67 bits per heavy atom. The highest BCUT2D eigenvalue weighted by Crippen LogP contribution is 2.45. The molecule has 3 nitrogen and oxygen atoms in total. The molecular weight excluding hydrogens is 317 g/mol. The number of fused-ring (bicyclic) bond motifs is 2. The van der Waals surface area contributed by atoms with E-state index in [1.54, 1.807) is 29.2 Å². The highest BCUT2D eigenvalue weighted by molar-refractivity contribution is 5.88. The van der Waals surface area contributed by atoms with Crippen molar-refractivity contribution in [3.63, 3.8) is 0 Å². The monoisotopic (exact) mass is 332 g/mol. The van der Waals surface area contributed by atoms with Gasteiger partial charge in [-0.15, -0.1) is 0 Å². The van der Waals surface area contributed by atoms with Crippen molar-refractivity contribution in [1.82, 2.24) is 0 Å². The second kappa shape index (κ2) is 5.85. The molecule has 1 fully saturated rings. The van der Waals surface area contributed by atoms with E-state index in [1.807, 2.05) is 0 Å². The van der Waals surface area contributed by atoms with Crippen LogP contribution >= 0.6 is 0 Å². The van der Waals surface area contributed by atoms with E-state index < -0.39 is 23.1 Å². The van der Waals surface area contributed by atoms with Crippen LogP contribution < -0.4 is 9.64 Å². The van der Waals surface area contributed by atoms with E-state index in [4.69, 9.17) is 4.74 Å². The number of halogens is 3. The quantitative estimate of drug-likeness (QED) is 0.589. The second-order valence-electron chi connectivity index (χ2n) is 5.91. The van der Waals surface area contributed by atoms with E-state index in [0.717, 1.165) is 19.3 Å². The van der Waals surface area contributed by atoms with Crippen LogP contribution in [0.5, 0.6) is 11.5 Å². The summed E-state index contributed by atoms with van der Waals surface area (Å²) < 4.78 is 49.6. The molecule has 0 amide bonds. The van der Waals surface area contributed by atoms with Crippen molar-refractivity contribution in [3.05, 3.63) is 47.3 Å². The Bertz CT molecular complexity index is 829. The predicted molar refractivity (Wildman–Crippen MR) is 86.2 cm³/mol. The maximum atomic E-state index is 15.0. The second-order valence-corrected chi connectivity index (χ2v) is 5.91. The van der Waals surface area contributed by atoms with Gasteiger partial charge in [-0.25, -0.2) is 18.2 Å². The summed E-state index contributed by atoms with van der Waals surface area (Å²) in [5, 5.41) is 0. The zero-order valence-electron chi connectivity index (χ0n) is 12.9. The lowest BCUT2D eigenvalue weighted by atomic mass is 10.1. The number of piperidine rings is 1. The van der Waals surface area contributed by atoms with E-state index in [2.05, 4.69) is 4.99 Å². The van der Waals surface area contributed by atoms with Crippen molar-refractivity contribution in [2.45, 2.75) is 19.3 Å². The standard InChI is InChI=1S/C18H15F3N2O/c19-13-14(20)17(23-8-4-1-5-9-23)15(21)18-16(13)22-10-11-6-2-3-7-12(11)24-18/h2-3,6-7,10H,1,4-5,8-9H2. The zero-order chi connectivity index (χ0) is 16.7. The number of rotatable bonds is 1. The third-order valence-electron chi connectivity index (χ3n) is 4.37. The Morgan fingerprint density at radius 1 is 0.917 bits per heavy atom. The number of nitrogens with zero attached hydrogens (tertiary/aromatic N) is 2. The minimum absolute atomic E-state index is 0.356. The molecule has 0 radical (unpaired) electrons. The van der Waals surface area contributed by atoms with Gasteiger partial charge in [0.05, 0.1) is 0 Å². The molecule has 2 heterocycles. The fraction of sp³-hybridized carbons (Fsp3) is 0.278. The van der Waals surface area contributed by atoms with Gasteiger partial charge in [-0.1, -0.05) is 12.1 Å². The van der Waals surface area contributed by atoms with Gasteiger partial charge in [0.2, 0.25) is 0 Å². The summed E-state index contributed by atoms with van der Waals surface area (Å²) >= 11 is 0. The number of hydrogen-bond acceptors (Lipinski definition) is 3. The van der Waals surface area contributed by atoms with Crippen LogP contribution in [0.2, 0.25) is 0 Å². The molecule has 0 atom stereocenters. The van der Waals surface area contributed by atoms with Gasteiger partial charge in [0.25, 0.3) is 0 Å². The first-order valence-electron chi connectivity index (χ1n) is 7.93. The molecule has 2 aromatic carbocycles. The molecule has 0 aliphatic carbocycles. The summed E-state index contributed by atoms with van der Waals surface area (Å²) in [6, 6.07) is 6.83. The fourth-order valence-corrected chi connectivity index (χ4v) is 3.14. The molecule has 0 spiro atoms. The highest BCUT2D eigenvalue weighted by Gasteiger charge is 2.31. The van der Waals surface area contributed by atoms with Crippen molar-refractivity contribution in [2.24, 2.45) is 4.99 Å². The first kappa shape index (κ1) is 15.1. The Morgan fingerprint density at radius 3 is 2.46 bits per heavy atom. The summed E-state index contributed by atoms with van der Waals surface area (Å²) in [7, 11) is 0. The summed E-state index contributed by atoms with van der Waals surface area (Å²) in [6.45, 7) is 0.984. The van der Waals surface area contributed by atoms with Gasteiger partial charge in [-0.3, -0.25) is 0 Å². The van der Waals surface area contributed by atoms with Crippen LogP contribution in [0.1, 0.15) is 24.8 Å². The first-order chi connectivity index (χ1) is 11.7. The molecule has 4 rings (SSSR count). The molecule has 0 aromatic heterocycles. The number of hydrogen-bond donors (Lipinski definition) is 0. The van der Waals surface area contributed by atoms with E-state index in [0.29, 0.717) is 24.4 Å². The van der Waals surface area contributed by atoms with Gasteiger partial charge in [0.15, 0.2) is 23.2 Å². The van der Waals surface area contributed by atoms with Crippen LogP contribution in [-0.2, 0) is 0 Å². The number of benzene rings is 2. The third kappa shape index (κ3) is 2.33. The Labute approximate surface area is 137 Å². The number of para-hydroxylation sites is 1. The van der Waals surface area contributed by atoms with Gasteiger partial charge >= 0.3 is 0 Å². The van der Waals surface area contributed by atoms with Crippen LogP contribution in [0.25, 0.3) is 0 Å². The van der Waals surface area contributed by atoms with Crippen molar-refractivity contribution in [3.8, 4) is 11.5 Å². The maximum absolute atomic E-state index is 15.0. The number of ether oxygens (including phenoxy) is 1. The fourth-order valence-electron chi connectivity index (χ4n) is 3.14. The zero-order valence-corrected chi connectivity index (χ0v) is 12.9. The lowest BCUT2D eigenvalue weighted by molar-refractivity contribution is 0.422. The average Bonchev–Trinajstić information content (AvgIpc) is 2.81. The van der Waals surface area contributed by atoms with Gasteiger partial charge < -0.3 is 9.64 Å². The van der Waals surface area contributed by atoms with Gasteiger partial charge in [0.1, 0.15) is 17.1 Å². The van der Waals surface area contributed by atoms with Crippen LogP contribution in [0.15, 0.2) is 29.3 Å². The number of anilines is 1. The predicted octanol–water partition coefficient (Wildman–Crippen LogP) is 4.95. The molecule has 2 aromatic rings. The smallest absolute Gasteiger partial charge is 0.194 e. The molecule has 0 unspecified atom stereocenters. The molecule has 0 N–H and O–H groups in total. The Balaban J connectivity index is 1.89. The molecule has 2 aliphatic heterocycles. The summed E-state index contributed by atoms with van der Waals surface area (Å²) in [4.78, 5) is 5.46. The average molecular weight is 332 g/mol. The van der Waals surface area contributed by atoms with Crippen molar-refractivity contribution < 1.29 is 17.9 Å². The van der Waals surface area contributed by atoms with Crippen LogP contribution in [0.4, 0.5) is 24.5 Å². The molecule has 6 heteroatoms. The molecule has 0 bridgehead atoms. The normalized spacial score (nSPS) is 16.2. The summed E-state index contributed by atoms with van der Waals surface area (Å²) in [6.07, 6.45) is 3.99. The van der Waals surface area contributed by atoms with Gasteiger partial charge in [-0.05, 0) is 31.4 Å². The van der Waals surface area contributed by atoms with Crippen molar-refractivity contribution in [2.75, 3.05) is 18.0 Å². The molecule has 0 saturated carbocycles. The molecular formula is C18H15F3N2O. The van der Waals surface area contributed by atoms with Crippen LogP contribution in [-0.4, -0.2) is 19.3 Å². The first-order valence-corrected chi connectivity index (χ1v) is 7.93. The number of aliphatic imine (C=N–C) groups is 1. The molecule has 24 heavy (non-hydrogen) atoms. The van der Waals surface area contributed by atoms with E-state index >= 15 is 4.39 Å². The van der Waals surface area contributed by atoms with E-state index in [-0.39, 0.29) is 11.4 Å². The van der Waals surface area contributed by atoms with E-state index in [1.165, 1.54) is 6.21 Å². The lowest BCUT2D eigenvalue weighted by Gasteiger charge is -2.30. The van der Waals surface area contributed by atoms with Crippen molar-refractivity contribution in [1.29, 1.82) is 0 Å². The van der Waals surface area contributed by atoms with Gasteiger partial charge in [-0.2, -0.15) is 0 Å². The van der Waals surface area contributed by atoms with Gasteiger partial charge in [0, 0.05) is 24.9 Å². The minimum Gasteiger partial charge on any atom is -0.451 e. The summed E-state index contributed by atoms with van der Waals surface area (Å²) in [5.74, 6) is -3.30. The Hall–Kier alpha value is -2.50. The van der Waals surface area contributed by atoms with Crippen LogP contribution in [0, 0.1) is 17.5 Å². The molecule has 2 aliphatic rings. The lowest BCUT2D eigenvalue weighted by Crippen LogP contribution is -2.31. The van der Waals surface area contributed by atoms with Crippen LogP contribution in [0.3, 0.4) is 0 Å². The SMILES string of the molecule is Fc1c(F)c(N2CCCCC2)c(F)c2c1N=Cc1ccccc1O2. The summed E-state index contributed by atoms with van der Waals surface area (Å²) in [5.41, 5.74) is -0.227. The molecule has 124 valence electrons.